The van der Waals surface area contributed by atoms with Gasteiger partial charge in [0, 0.05) is 53.1 Å². The number of piperidine rings is 1. The van der Waals surface area contributed by atoms with Crippen molar-refractivity contribution in [3.05, 3.63) is 65.1 Å². The minimum atomic E-state index is -0.952. The fourth-order valence-corrected chi connectivity index (χ4v) is 8.26. The maximum absolute atomic E-state index is 12.9. The normalized spacial score (nSPS) is 32.5. The van der Waals surface area contributed by atoms with Crippen molar-refractivity contribution in [2.75, 3.05) is 13.1 Å². The number of fused-ring (bicyclic) bond motifs is 6. The molecule has 4 unspecified atom stereocenters. The smallest absolute Gasteiger partial charge is 0.166 e. The number of pyridine rings is 1. The zero-order chi connectivity index (χ0) is 23.1. The minimum absolute atomic E-state index is 0.0497. The van der Waals surface area contributed by atoms with Crippen LogP contribution in [0.15, 0.2) is 42.7 Å². The number of rotatable bonds is 2. The molecule has 2 aromatic carbocycles. The van der Waals surface area contributed by atoms with Gasteiger partial charge in [0.25, 0.3) is 0 Å². The summed E-state index contributed by atoms with van der Waals surface area (Å²) in [6.45, 7) is 2.04. The van der Waals surface area contributed by atoms with Crippen molar-refractivity contribution in [1.82, 2.24) is 14.9 Å². The van der Waals surface area contributed by atoms with Crippen LogP contribution in [0.1, 0.15) is 47.8 Å². The molecule has 4 heterocycles. The van der Waals surface area contributed by atoms with Gasteiger partial charge in [0.1, 0.15) is 0 Å². The lowest BCUT2D eigenvalue weighted by molar-refractivity contribution is -0.173. The largest absolute Gasteiger partial charge is 0.504 e. The summed E-state index contributed by atoms with van der Waals surface area (Å²) in [4.78, 5) is 10.6. The Bertz CT molecular complexity index is 1590. The standard InChI is InChI=1S/C29H27N3O3/c33-21-6-4-16-11-22-29(34)12-20-19-5-3-17-13-30-9-7-18(17)24(19)31-25(20)27-28(29,23(16)26(21)35-27)8-10-32(22)14-15-1-2-15/h3-7,9,13,15,22,27,31,33-34H,1-2,8,10-12,14H2. The summed E-state index contributed by atoms with van der Waals surface area (Å²) in [6, 6.07) is 10.2. The van der Waals surface area contributed by atoms with E-state index in [4.69, 9.17) is 4.74 Å². The van der Waals surface area contributed by atoms with E-state index in [-0.39, 0.29) is 17.9 Å². The first kappa shape index (κ1) is 19.1. The Morgan fingerprint density at radius 2 is 2.06 bits per heavy atom. The van der Waals surface area contributed by atoms with Crippen LogP contribution >= 0.6 is 0 Å². The van der Waals surface area contributed by atoms with Gasteiger partial charge < -0.3 is 19.9 Å². The van der Waals surface area contributed by atoms with Crippen molar-refractivity contribution in [1.29, 1.82) is 0 Å². The zero-order valence-electron chi connectivity index (χ0n) is 19.4. The second-order valence-corrected chi connectivity index (χ2v) is 11.5. The minimum Gasteiger partial charge on any atom is -0.504 e. The molecule has 0 amide bonds. The van der Waals surface area contributed by atoms with E-state index in [1.165, 1.54) is 18.4 Å². The molecule has 6 nitrogen and oxygen atoms in total. The molecule has 6 heteroatoms. The number of nitrogens with one attached hydrogen (secondary N) is 1. The highest BCUT2D eigenvalue weighted by Gasteiger charge is 2.72. The fraction of sp³-hybridized carbons (Fsp3) is 0.414. The van der Waals surface area contributed by atoms with Crippen LogP contribution in [0.5, 0.6) is 11.5 Å². The Morgan fingerprint density at radius 3 is 2.94 bits per heavy atom. The number of aromatic nitrogens is 2. The number of phenolic OH excluding ortho intramolecular Hbond substituents is 1. The third kappa shape index (κ3) is 2.10. The topological polar surface area (TPSA) is 81.6 Å². The lowest BCUT2D eigenvalue weighted by Gasteiger charge is -2.62. The number of aliphatic hydroxyl groups is 1. The second kappa shape index (κ2) is 6.00. The lowest BCUT2D eigenvalue weighted by atomic mass is 9.49. The average Bonchev–Trinajstić information content (AvgIpc) is 3.49. The molecule has 1 saturated carbocycles. The molecule has 2 aromatic heterocycles. The van der Waals surface area contributed by atoms with Crippen LogP contribution in [0.25, 0.3) is 21.7 Å². The van der Waals surface area contributed by atoms with E-state index in [1.54, 1.807) is 6.07 Å². The first-order valence-electron chi connectivity index (χ1n) is 12.9. The van der Waals surface area contributed by atoms with Gasteiger partial charge in [0.15, 0.2) is 17.6 Å². The van der Waals surface area contributed by atoms with Crippen molar-refractivity contribution in [2.24, 2.45) is 5.92 Å². The molecule has 3 N–H and O–H groups in total. The van der Waals surface area contributed by atoms with Crippen LogP contribution in [0.3, 0.4) is 0 Å². The highest BCUT2D eigenvalue weighted by molar-refractivity contribution is 6.07. The number of likely N-dealkylation sites (tertiary alicyclic amines) is 1. The predicted octanol–water partition coefficient (Wildman–Crippen LogP) is 4.12. The Labute approximate surface area is 202 Å². The van der Waals surface area contributed by atoms with Crippen molar-refractivity contribution >= 4 is 21.7 Å². The van der Waals surface area contributed by atoms with Crippen LogP contribution in [0, 0.1) is 5.92 Å². The van der Waals surface area contributed by atoms with Gasteiger partial charge >= 0.3 is 0 Å². The molecule has 3 aliphatic carbocycles. The first-order valence-corrected chi connectivity index (χ1v) is 12.9. The van der Waals surface area contributed by atoms with Crippen molar-refractivity contribution in [2.45, 2.75) is 55.3 Å². The molecule has 2 aliphatic heterocycles. The van der Waals surface area contributed by atoms with Crippen LogP contribution < -0.4 is 4.74 Å². The van der Waals surface area contributed by atoms with E-state index in [9.17, 15) is 10.2 Å². The van der Waals surface area contributed by atoms with Gasteiger partial charge in [0.2, 0.25) is 0 Å². The van der Waals surface area contributed by atoms with Gasteiger partial charge in [0.05, 0.1) is 22.2 Å². The molecule has 2 bridgehead atoms. The highest BCUT2D eigenvalue weighted by Crippen LogP contribution is 2.69. The lowest BCUT2D eigenvalue weighted by Crippen LogP contribution is -2.74. The number of phenols is 1. The number of H-pyrrole nitrogens is 1. The number of ether oxygens (including phenoxy) is 1. The number of hydrogen-bond acceptors (Lipinski definition) is 5. The fourth-order valence-electron chi connectivity index (χ4n) is 8.26. The maximum Gasteiger partial charge on any atom is 0.166 e. The van der Waals surface area contributed by atoms with Gasteiger partial charge in [-0.3, -0.25) is 9.88 Å². The van der Waals surface area contributed by atoms with Gasteiger partial charge in [-0.15, -0.1) is 0 Å². The molecule has 35 heavy (non-hydrogen) atoms. The molecule has 2 fully saturated rings. The monoisotopic (exact) mass is 465 g/mol. The average molecular weight is 466 g/mol. The summed E-state index contributed by atoms with van der Waals surface area (Å²) in [5, 5.41) is 27.2. The third-order valence-electron chi connectivity index (χ3n) is 9.95. The number of nitrogens with zero attached hydrogens (tertiary/aromatic N) is 2. The van der Waals surface area contributed by atoms with Crippen LogP contribution in [0.4, 0.5) is 0 Å². The third-order valence-corrected chi connectivity index (χ3v) is 9.95. The van der Waals surface area contributed by atoms with Gasteiger partial charge in [-0.25, -0.2) is 0 Å². The molecule has 5 aliphatic rings. The zero-order valence-corrected chi connectivity index (χ0v) is 19.4. The molecule has 1 spiro atoms. The summed E-state index contributed by atoms with van der Waals surface area (Å²) in [5.41, 5.74) is 4.10. The van der Waals surface area contributed by atoms with Crippen molar-refractivity contribution in [3.63, 3.8) is 0 Å². The summed E-state index contributed by atoms with van der Waals surface area (Å²) in [5.74, 6) is 1.54. The van der Waals surface area contributed by atoms with Crippen molar-refractivity contribution in [3.8, 4) is 11.5 Å². The molecule has 4 atom stereocenters. The molecule has 1 saturated heterocycles. The van der Waals surface area contributed by atoms with E-state index < -0.39 is 11.0 Å². The van der Waals surface area contributed by atoms with Gasteiger partial charge in [-0.05, 0) is 61.4 Å². The van der Waals surface area contributed by atoms with E-state index in [2.05, 4.69) is 39.1 Å². The summed E-state index contributed by atoms with van der Waals surface area (Å²) >= 11 is 0. The number of benzene rings is 2. The molecular weight excluding hydrogens is 438 g/mol. The summed E-state index contributed by atoms with van der Waals surface area (Å²) < 4.78 is 6.70. The first-order chi connectivity index (χ1) is 17.1. The molecule has 0 radical (unpaired) electrons. The molecule has 9 rings (SSSR count). The second-order valence-electron chi connectivity index (χ2n) is 11.5. The number of aromatic amines is 1. The Balaban J connectivity index is 1.34. The summed E-state index contributed by atoms with van der Waals surface area (Å²) in [6.07, 6.45) is 8.24. The SMILES string of the molecule is Oc1ccc2c3c1OC1c4[nH]c5c(ccc6cnccc65)c4CC4(O)C(C2)N(CC2CC2)CCC314. The Hall–Kier alpha value is -3.09. The van der Waals surface area contributed by atoms with Gasteiger partial charge in [-0.2, -0.15) is 0 Å². The van der Waals surface area contributed by atoms with Gasteiger partial charge in [-0.1, -0.05) is 18.2 Å². The summed E-state index contributed by atoms with van der Waals surface area (Å²) in [7, 11) is 0. The molecular formula is C29H27N3O3. The van der Waals surface area contributed by atoms with E-state index >= 15 is 0 Å². The van der Waals surface area contributed by atoms with Crippen LogP contribution in [-0.2, 0) is 18.3 Å². The van der Waals surface area contributed by atoms with Crippen LogP contribution in [0.2, 0.25) is 0 Å². The quantitative estimate of drug-likeness (QED) is 0.415. The Morgan fingerprint density at radius 1 is 1.14 bits per heavy atom. The highest BCUT2D eigenvalue weighted by atomic mass is 16.5. The Kier molecular flexibility index (Phi) is 3.28. The number of aromatic hydroxyl groups is 1. The van der Waals surface area contributed by atoms with E-state index in [1.807, 2.05) is 12.4 Å². The number of hydrogen-bond donors (Lipinski definition) is 3. The van der Waals surface area contributed by atoms with Crippen LogP contribution in [-0.4, -0.2) is 49.8 Å². The van der Waals surface area contributed by atoms with E-state index in [0.717, 1.165) is 70.3 Å². The molecule has 176 valence electrons. The maximum atomic E-state index is 12.9. The predicted molar refractivity (Wildman–Crippen MR) is 132 cm³/mol. The molecule has 4 aromatic rings. The van der Waals surface area contributed by atoms with Crippen molar-refractivity contribution < 1.29 is 14.9 Å². The van der Waals surface area contributed by atoms with E-state index in [0.29, 0.717) is 12.2 Å².